The third-order valence-corrected chi connectivity index (χ3v) is 4.26. The summed E-state index contributed by atoms with van der Waals surface area (Å²) in [6.45, 7) is 4.13. The predicted molar refractivity (Wildman–Crippen MR) is 84.3 cm³/mol. The Morgan fingerprint density at radius 3 is 2.40 bits per heavy atom. The lowest BCUT2D eigenvalue weighted by Crippen LogP contribution is -2.17. The van der Waals surface area contributed by atoms with Crippen molar-refractivity contribution in [3.05, 3.63) is 64.6 Å². The largest absolute Gasteiger partial charge is 0.245 e. The lowest BCUT2D eigenvalue weighted by molar-refractivity contribution is 1.21. The van der Waals surface area contributed by atoms with Gasteiger partial charge in [-0.05, 0) is 37.1 Å². The minimum atomic E-state index is 0.939. The van der Waals surface area contributed by atoms with Crippen LogP contribution in [0.3, 0.4) is 0 Å². The molecule has 98 valence electrons. The normalized spacial score (nSPS) is 13.4. The van der Waals surface area contributed by atoms with Crippen molar-refractivity contribution in [3.63, 3.8) is 0 Å². The van der Waals surface area contributed by atoms with Gasteiger partial charge in [0.15, 0.2) is 6.19 Å². The number of hydrogen-bond donors (Lipinski definition) is 0. The van der Waals surface area contributed by atoms with E-state index in [1.807, 2.05) is 12.1 Å². The molecule has 1 aliphatic rings. The molecule has 1 aliphatic heterocycles. The molecule has 0 spiro atoms. The first-order chi connectivity index (χ1) is 9.69. The molecule has 0 atom stereocenters. The van der Waals surface area contributed by atoms with Gasteiger partial charge in [-0.25, -0.2) is 4.90 Å². The highest BCUT2D eigenvalue weighted by atomic mass is 32.2. The second kappa shape index (κ2) is 5.07. The first-order valence-electron chi connectivity index (χ1n) is 6.43. The van der Waals surface area contributed by atoms with Gasteiger partial charge < -0.3 is 0 Å². The summed E-state index contributed by atoms with van der Waals surface area (Å²) in [4.78, 5) is 2.83. The van der Waals surface area contributed by atoms with Gasteiger partial charge in [0.05, 0.1) is 11.4 Å². The number of aryl methyl sites for hydroxylation is 2. The van der Waals surface area contributed by atoms with Crippen molar-refractivity contribution in [2.24, 2.45) is 0 Å². The van der Waals surface area contributed by atoms with E-state index < -0.39 is 0 Å². The van der Waals surface area contributed by atoms with Crippen LogP contribution in [0.2, 0.25) is 0 Å². The highest BCUT2D eigenvalue weighted by molar-refractivity contribution is 8.02. The number of rotatable bonds is 1. The molecule has 0 aliphatic carbocycles. The van der Waals surface area contributed by atoms with Crippen molar-refractivity contribution in [2.45, 2.75) is 18.7 Å². The minimum absolute atomic E-state index is 0.939. The highest BCUT2D eigenvalue weighted by Gasteiger charge is 2.21. The number of thioether (sulfide) groups is 1. The average Bonchev–Trinajstić information content (AvgIpc) is 2.46. The first kappa shape index (κ1) is 12.8. The van der Waals surface area contributed by atoms with Gasteiger partial charge in [0.1, 0.15) is 0 Å². The zero-order valence-electron chi connectivity index (χ0n) is 11.4. The quantitative estimate of drug-likeness (QED) is 0.708. The van der Waals surface area contributed by atoms with Crippen LogP contribution in [0.5, 0.6) is 0 Å². The third kappa shape index (κ3) is 2.19. The third-order valence-electron chi connectivity index (χ3n) is 3.34. The Labute approximate surface area is 123 Å². The Hall–Kier alpha value is -2.18. The molecule has 0 unspecified atom stereocenters. The lowest BCUT2D eigenvalue weighted by atomic mass is 10.1. The predicted octanol–water partition coefficient (Wildman–Crippen LogP) is 4.70. The molecule has 0 aromatic heterocycles. The van der Waals surface area contributed by atoms with Gasteiger partial charge in [-0.2, -0.15) is 5.26 Å². The molecule has 0 bridgehead atoms. The van der Waals surface area contributed by atoms with Crippen LogP contribution in [0.25, 0.3) is 5.70 Å². The van der Waals surface area contributed by atoms with E-state index in [1.54, 1.807) is 16.7 Å². The Morgan fingerprint density at radius 2 is 1.70 bits per heavy atom. The fraction of sp³-hybridized carbons (Fsp3) is 0.118. The van der Waals surface area contributed by atoms with Crippen LogP contribution < -0.4 is 4.90 Å². The first-order valence-corrected chi connectivity index (χ1v) is 7.31. The Kier molecular flexibility index (Phi) is 3.25. The summed E-state index contributed by atoms with van der Waals surface area (Å²) >= 11 is 1.67. The Balaban J connectivity index is 2.07. The molecule has 0 amide bonds. The molecule has 0 saturated heterocycles. The van der Waals surface area contributed by atoms with E-state index in [1.165, 1.54) is 11.1 Å². The van der Waals surface area contributed by atoms with Crippen molar-refractivity contribution in [3.8, 4) is 6.19 Å². The molecule has 2 aromatic rings. The maximum Gasteiger partial charge on any atom is 0.189 e. The van der Waals surface area contributed by atoms with Crippen molar-refractivity contribution in [2.75, 3.05) is 4.90 Å². The molecule has 0 radical (unpaired) electrons. The zero-order valence-corrected chi connectivity index (χ0v) is 12.2. The second-order valence-corrected chi connectivity index (χ2v) is 5.80. The van der Waals surface area contributed by atoms with Crippen LogP contribution in [0.1, 0.15) is 16.7 Å². The van der Waals surface area contributed by atoms with Gasteiger partial charge in [0.2, 0.25) is 0 Å². The molecule has 1 heterocycles. The highest BCUT2D eigenvalue weighted by Crippen LogP contribution is 2.41. The van der Waals surface area contributed by atoms with Gasteiger partial charge in [0, 0.05) is 10.3 Å². The molecule has 0 fully saturated rings. The smallest absolute Gasteiger partial charge is 0.189 e. The van der Waals surface area contributed by atoms with E-state index in [-0.39, 0.29) is 0 Å². The van der Waals surface area contributed by atoms with E-state index in [0.29, 0.717) is 0 Å². The summed E-state index contributed by atoms with van der Waals surface area (Å²) in [5.74, 6) is 0. The number of hydrogen-bond acceptors (Lipinski definition) is 3. The number of anilines is 1. The van der Waals surface area contributed by atoms with Crippen LogP contribution in [0, 0.1) is 25.3 Å². The van der Waals surface area contributed by atoms with Crippen LogP contribution in [0.4, 0.5) is 5.69 Å². The lowest BCUT2D eigenvalue weighted by Gasteiger charge is -2.26. The zero-order chi connectivity index (χ0) is 14.1. The molecular weight excluding hydrogens is 264 g/mol. The van der Waals surface area contributed by atoms with Crippen molar-refractivity contribution < 1.29 is 0 Å². The van der Waals surface area contributed by atoms with E-state index >= 15 is 0 Å². The van der Waals surface area contributed by atoms with E-state index in [4.69, 9.17) is 0 Å². The van der Waals surface area contributed by atoms with Crippen LogP contribution in [0.15, 0.2) is 52.8 Å². The summed E-state index contributed by atoms with van der Waals surface area (Å²) < 4.78 is 0. The Morgan fingerprint density at radius 1 is 1.00 bits per heavy atom. The number of fused-ring (bicyclic) bond motifs is 1. The molecule has 3 heteroatoms. The summed E-state index contributed by atoms with van der Waals surface area (Å²) in [7, 11) is 0. The van der Waals surface area contributed by atoms with Crippen molar-refractivity contribution in [1.29, 1.82) is 5.26 Å². The molecule has 0 N–H and O–H groups in total. The fourth-order valence-electron chi connectivity index (χ4n) is 2.23. The number of nitriles is 1. The van der Waals surface area contributed by atoms with E-state index in [9.17, 15) is 5.26 Å². The molecule has 3 rings (SSSR count). The molecule has 0 saturated carbocycles. The van der Waals surface area contributed by atoms with Gasteiger partial charge in [-0.15, -0.1) is 0 Å². The van der Waals surface area contributed by atoms with Crippen LogP contribution >= 0.6 is 11.8 Å². The summed E-state index contributed by atoms with van der Waals surface area (Å²) in [5, 5.41) is 11.6. The van der Waals surface area contributed by atoms with Crippen molar-refractivity contribution in [1.82, 2.24) is 0 Å². The van der Waals surface area contributed by atoms with Gasteiger partial charge in [-0.3, -0.25) is 0 Å². The standard InChI is InChI=1S/C17H14N2S/c1-12-3-6-14(7-4-12)16-10-20-17-9-13(2)5-8-15(17)19(16)11-18/h3-10H,1-2H3. The van der Waals surface area contributed by atoms with Crippen molar-refractivity contribution >= 4 is 23.1 Å². The van der Waals surface area contributed by atoms with Crippen LogP contribution in [-0.2, 0) is 0 Å². The molecular formula is C17H14N2S. The SMILES string of the molecule is Cc1ccc(C2=CSc3cc(C)ccc3N2C#N)cc1. The maximum atomic E-state index is 9.52. The Bertz CT molecular complexity index is 724. The van der Waals surface area contributed by atoms with E-state index in [0.717, 1.165) is 21.8 Å². The minimum Gasteiger partial charge on any atom is -0.245 e. The van der Waals surface area contributed by atoms with Crippen LogP contribution in [-0.4, -0.2) is 0 Å². The molecule has 2 aromatic carbocycles. The summed E-state index contributed by atoms with van der Waals surface area (Å²) in [6, 6.07) is 14.4. The summed E-state index contributed by atoms with van der Waals surface area (Å²) in [5.41, 5.74) is 5.39. The molecule has 2 nitrogen and oxygen atoms in total. The molecule has 20 heavy (non-hydrogen) atoms. The van der Waals surface area contributed by atoms with E-state index in [2.05, 4.69) is 55.8 Å². The number of benzene rings is 2. The van der Waals surface area contributed by atoms with Gasteiger partial charge in [-0.1, -0.05) is 47.7 Å². The summed E-state index contributed by atoms with van der Waals surface area (Å²) in [6.07, 6.45) is 2.29. The monoisotopic (exact) mass is 278 g/mol. The average molecular weight is 278 g/mol. The topological polar surface area (TPSA) is 27.0 Å². The maximum absolute atomic E-state index is 9.52. The van der Waals surface area contributed by atoms with Gasteiger partial charge in [0.25, 0.3) is 0 Å². The second-order valence-electron chi connectivity index (χ2n) is 4.89. The fourth-order valence-corrected chi connectivity index (χ4v) is 3.25. The number of nitrogens with zero attached hydrogens (tertiary/aromatic N) is 2. The van der Waals surface area contributed by atoms with Gasteiger partial charge >= 0.3 is 0 Å².